The minimum atomic E-state index is -0.381. The molecule has 1 amide bonds. The van der Waals surface area contributed by atoms with Gasteiger partial charge in [-0.1, -0.05) is 23.7 Å². The second-order valence-electron chi connectivity index (χ2n) is 7.87. The van der Waals surface area contributed by atoms with E-state index in [1.54, 1.807) is 38.2 Å². The highest BCUT2D eigenvalue weighted by Crippen LogP contribution is 2.38. The molecular formula is C27H21Br2ClN2O4S. The molecule has 1 fully saturated rings. The molecule has 0 aliphatic carbocycles. The van der Waals surface area contributed by atoms with E-state index in [-0.39, 0.29) is 11.9 Å². The van der Waals surface area contributed by atoms with Crippen molar-refractivity contribution >= 4 is 84.0 Å². The van der Waals surface area contributed by atoms with Gasteiger partial charge in [0.05, 0.1) is 31.7 Å². The number of ether oxygens (including phenoxy) is 2. The summed E-state index contributed by atoms with van der Waals surface area (Å²) in [5.74, 6) is 0.128. The van der Waals surface area contributed by atoms with E-state index in [2.05, 4.69) is 36.9 Å². The van der Waals surface area contributed by atoms with Gasteiger partial charge in [0.25, 0.3) is 5.91 Å². The lowest BCUT2D eigenvalue weighted by atomic mass is 10.2. The third kappa shape index (κ3) is 6.84. The first-order valence-electron chi connectivity index (χ1n) is 11.1. The molecule has 0 atom stereocenters. The van der Waals surface area contributed by atoms with E-state index in [0.29, 0.717) is 45.3 Å². The molecule has 0 unspecified atom stereocenters. The lowest BCUT2D eigenvalue weighted by molar-refractivity contribution is -0.121. The van der Waals surface area contributed by atoms with Gasteiger partial charge in [0.15, 0.2) is 5.17 Å². The van der Waals surface area contributed by atoms with Crippen molar-refractivity contribution in [1.29, 1.82) is 0 Å². The number of carbonyl (C=O) groups is 2. The number of nitrogens with zero attached hydrogens (tertiary/aromatic N) is 2. The Kier molecular flexibility index (Phi) is 9.13. The van der Waals surface area contributed by atoms with Gasteiger partial charge in [-0.15, -0.1) is 0 Å². The van der Waals surface area contributed by atoms with E-state index in [4.69, 9.17) is 21.1 Å². The molecule has 0 spiro atoms. The van der Waals surface area contributed by atoms with Gasteiger partial charge in [-0.2, -0.15) is 0 Å². The third-order valence-electron chi connectivity index (χ3n) is 5.22. The summed E-state index contributed by atoms with van der Waals surface area (Å²) in [6, 6.07) is 18.0. The Bertz CT molecular complexity index is 1370. The summed E-state index contributed by atoms with van der Waals surface area (Å²) >= 11 is 14.4. The van der Waals surface area contributed by atoms with Crippen LogP contribution in [0, 0.1) is 0 Å². The Morgan fingerprint density at radius 2 is 1.73 bits per heavy atom. The molecule has 0 saturated carbocycles. The fraction of sp³-hybridized carbons (Fsp3) is 0.148. The number of halogens is 3. The van der Waals surface area contributed by atoms with Gasteiger partial charge in [0.1, 0.15) is 12.4 Å². The molecule has 0 N–H and O–H groups in total. The predicted octanol–water partition coefficient (Wildman–Crippen LogP) is 7.85. The molecule has 1 heterocycles. The maximum absolute atomic E-state index is 12.9. The van der Waals surface area contributed by atoms with Crippen LogP contribution in [0.15, 0.2) is 79.5 Å². The smallest absolute Gasteiger partial charge is 0.338 e. The summed E-state index contributed by atoms with van der Waals surface area (Å²) in [5, 5.41) is 1.22. The van der Waals surface area contributed by atoms with E-state index < -0.39 is 0 Å². The van der Waals surface area contributed by atoms with Crippen LogP contribution in [0.4, 0.5) is 5.69 Å². The highest BCUT2D eigenvalue weighted by Gasteiger charge is 2.30. The fourth-order valence-electron chi connectivity index (χ4n) is 3.34. The Morgan fingerprint density at radius 3 is 2.35 bits per heavy atom. The van der Waals surface area contributed by atoms with E-state index >= 15 is 0 Å². The molecule has 6 nitrogen and oxygen atoms in total. The molecule has 4 rings (SSSR count). The number of amidine groups is 1. The Hall–Kier alpha value is -2.59. The minimum absolute atomic E-state index is 0.151. The molecule has 37 heavy (non-hydrogen) atoms. The molecule has 0 bridgehead atoms. The number of carbonyl (C=O) groups excluding carboxylic acids is 2. The van der Waals surface area contributed by atoms with Crippen molar-refractivity contribution < 1.29 is 19.1 Å². The largest absolute Gasteiger partial charge is 0.487 e. The van der Waals surface area contributed by atoms with Crippen molar-refractivity contribution in [3.8, 4) is 5.75 Å². The second-order valence-corrected chi connectivity index (χ2v) is 11.0. The van der Waals surface area contributed by atoms with Gasteiger partial charge in [0.2, 0.25) is 0 Å². The number of amides is 1. The van der Waals surface area contributed by atoms with Crippen LogP contribution in [-0.2, 0) is 16.1 Å². The van der Waals surface area contributed by atoms with Crippen LogP contribution in [0.3, 0.4) is 0 Å². The first-order valence-corrected chi connectivity index (χ1v) is 13.9. The average Bonchev–Trinajstić information content (AvgIpc) is 3.12. The van der Waals surface area contributed by atoms with Crippen LogP contribution in [0.25, 0.3) is 6.08 Å². The number of rotatable bonds is 7. The molecule has 10 heteroatoms. The lowest BCUT2D eigenvalue weighted by Gasteiger charge is -2.12. The highest BCUT2D eigenvalue weighted by molar-refractivity contribution is 9.11. The first-order chi connectivity index (χ1) is 17.7. The van der Waals surface area contributed by atoms with Crippen molar-refractivity contribution in [3.63, 3.8) is 0 Å². The van der Waals surface area contributed by atoms with Gasteiger partial charge < -0.3 is 9.47 Å². The first kappa shape index (κ1) is 27.4. The minimum Gasteiger partial charge on any atom is -0.487 e. The summed E-state index contributed by atoms with van der Waals surface area (Å²) in [4.78, 5) is 31.4. The maximum Gasteiger partial charge on any atom is 0.338 e. The van der Waals surface area contributed by atoms with Crippen molar-refractivity contribution in [1.82, 2.24) is 4.90 Å². The van der Waals surface area contributed by atoms with Crippen molar-refractivity contribution in [3.05, 3.63) is 96.2 Å². The van der Waals surface area contributed by atoms with E-state index in [0.717, 1.165) is 20.1 Å². The van der Waals surface area contributed by atoms with Gasteiger partial charge in [-0.05, 0) is 116 Å². The number of benzene rings is 3. The fourth-order valence-corrected chi connectivity index (χ4v) is 5.90. The van der Waals surface area contributed by atoms with Crippen LogP contribution in [0.2, 0.25) is 5.02 Å². The standard InChI is InChI=1S/C27H21Br2ClN2O4S/c1-3-35-26(34)18-6-10-20(11-7-18)31-27-32(2)25(33)23(37-27)14-17-12-21(28)24(22(29)13-17)36-15-16-4-8-19(30)9-5-16/h4-14H,3,15H2,1-2H3/b23-14-,31-27?. The molecule has 1 saturated heterocycles. The SMILES string of the molecule is CCOC(=O)c1ccc(N=C2S/C(=C\c3cc(Br)c(OCc4ccc(Cl)cc4)c(Br)c3)C(=O)N2C)cc1. The summed E-state index contributed by atoms with van der Waals surface area (Å²) in [5.41, 5.74) is 2.89. The van der Waals surface area contributed by atoms with E-state index in [1.807, 2.05) is 42.5 Å². The predicted molar refractivity (Wildman–Crippen MR) is 155 cm³/mol. The summed E-state index contributed by atoms with van der Waals surface area (Å²) in [6.07, 6.45) is 1.81. The Morgan fingerprint density at radius 1 is 1.08 bits per heavy atom. The van der Waals surface area contributed by atoms with Crippen LogP contribution in [0.5, 0.6) is 5.75 Å². The number of hydrogen-bond acceptors (Lipinski definition) is 6. The molecule has 1 aliphatic rings. The lowest BCUT2D eigenvalue weighted by Crippen LogP contribution is -2.23. The Labute approximate surface area is 241 Å². The molecule has 3 aromatic rings. The van der Waals surface area contributed by atoms with Gasteiger partial charge in [-0.3, -0.25) is 9.69 Å². The van der Waals surface area contributed by atoms with Crippen molar-refractivity contribution in [2.24, 2.45) is 4.99 Å². The van der Waals surface area contributed by atoms with Crippen LogP contribution in [0.1, 0.15) is 28.4 Å². The van der Waals surface area contributed by atoms with Crippen molar-refractivity contribution in [2.75, 3.05) is 13.7 Å². The van der Waals surface area contributed by atoms with Crippen LogP contribution >= 0.6 is 55.2 Å². The van der Waals surface area contributed by atoms with Gasteiger partial charge in [0, 0.05) is 12.1 Å². The van der Waals surface area contributed by atoms with E-state index in [1.165, 1.54) is 16.7 Å². The molecule has 190 valence electrons. The molecular weight excluding hydrogens is 644 g/mol. The third-order valence-corrected chi connectivity index (χ3v) is 7.71. The van der Waals surface area contributed by atoms with Gasteiger partial charge in [-0.25, -0.2) is 9.79 Å². The second kappa shape index (κ2) is 12.3. The zero-order chi connectivity index (χ0) is 26.5. The number of thioether (sulfide) groups is 1. The molecule has 3 aromatic carbocycles. The van der Waals surface area contributed by atoms with Crippen molar-refractivity contribution in [2.45, 2.75) is 13.5 Å². The zero-order valence-corrected chi connectivity index (χ0v) is 24.6. The monoisotopic (exact) mass is 662 g/mol. The maximum atomic E-state index is 12.9. The number of esters is 1. The number of hydrogen-bond donors (Lipinski definition) is 0. The quantitative estimate of drug-likeness (QED) is 0.190. The Balaban J connectivity index is 1.49. The summed E-state index contributed by atoms with van der Waals surface area (Å²) in [7, 11) is 1.68. The summed E-state index contributed by atoms with van der Waals surface area (Å²) in [6.45, 7) is 2.46. The van der Waals surface area contributed by atoms with Crippen LogP contribution < -0.4 is 4.74 Å². The summed E-state index contributed by atoms with van der Waals surface area (Å²) < 4.78 is 12.5. The normalized spacial score (nSPS) is 15.5. The van der Waals surface area contributed by atoms with Crippen LogP contribution in [-0.4, -0.2) is 35.6 Å². The van der Waals surface area contributed by atoms with Gasteiger partial charge >= 0.3 is 5.97 Å². The zero-order valence-electron chi connectivity index (χ0n) is 19.8. The average molecular weight is 665 g/mol. The number of aliphatic imine (C=N–C) groups is 1. The topological polar surface area (TPSA) is 68.2 Å². The highest BCUT2D eigenvalue weighted by atomic mass is 79.9. The van der Waals surface area contributed by atoms with E-state index in [9.17, 15) is 9.59 Å². The number of likely N-dealkylation sites (N-methyl/N-ethyl adjacent to an activating group) is 1. The molecule has 0 radical (unpaired) electrons. The molecule has 0 aromatic heterocycles. The molecule has 1 aliphatic heterocycles.